The van der Waals surface area contributed by atoms with Gasteiger partial charge >= 0.3 is 0 Å². The Bertz CT molecular complexity index is 950. The zero-order valence-corrected chi connectivity index (χ0v) is 16.5. The summed E-state index contributed by atoms with van der Waals surface area (Å²) in [6, 6.07) is 10.1. The van der Waals surface area contributed by atoms with Crippen LogP contribution in [0.2, 0.25) is 0 Å². The van der Waals surface area contributed by atoms with E-state index in [0.29, 0.717) is 18.5 Å². The van der Waals surface area contributed by atoms with Crippen molar-refractivity contribution in [1.82, 2.24) is 15.3 Å². The molecule has 1 amide bonds. The van der Waals surface area contributed by atoms with E-state index in [0.717, 1.165) is 28.1 Å². The number of aryl methyl sites for hydroxylation is 2. The van der Waals surface area contributed by atoms with Crippen LogP contribution in [0.4, 0.5) is 4.39 Å². The molecule has 0 bridgehead atoms. The van der Waals surface area contributed by atoms with Gasteiger partial charge in [-0.15, -0.1) is 0 Å². The molecule has 0 radical (unpaired) electrons. The number of aromatic nitrogens is 2. The number of benzene rings is 2. The van der Waals surface area contributed by atoms with Gasteiger partial charge in [0.05, 0.1) is 12.4 Å². The Morgan fingerprint density at radius 3 is 2.62 bits per heavy atom. The molecule has 6 nitrogen and oxygen atoms in total. The van der Waals surface area contributed by atoms with E-state index in [2.05, 4.69) is 15.3 Å². The van der Waals surface area contributed by atoms with Crippen molar-refractivity contribution in [3.63, 3.8) is 0 Å². The number of aromatic amines is 1. The summed E-state index contributed by atoms with van der Waals surface area (Å²) in [5.74, 6) is 0.0391. The van der Waals surface area contributed by atoms with E-state index in [9.17, 15) is 9.18 Å². The van der Waals surface area contributed by atoms with E-state index in [1.165, 1.54) is 6.07 Å². The summed E-state index contributed by atoms with van der Waals surface area (Å²) in [4.78, 5) is 18.7. The normalized spacial score (nSPS) is 12.0. The number of rotatable bonds is 9. The number of hydrogen-bond donors (Lipinski definition) is 3. The van der Waals surface area contributed by atoms with E-state index in [1.54, 1.807) is 30.7 Å². The molecule has 7 heteroatoms. The molecule has 1 aromatic heterocycles. The number of primary amides is 1. The molecule has 1 heterocycles. The number of H-pyrrole nitrogens is 1. The highest BCUT2D eigenvalue weighted by atomic mass is 19.1. The fraction of sp³-hybridized carbons (Fsp3) is 0.273. The van der Waals surface area contributed by atoms with Crippen LogP contribution in [0.5, 0.6) is 5.75 Å². The Labute approximate surface area is 169 Å². The molecule has 152 valence electrons. The lowest BCUT2D eigenvalue weighted by molar-refractivity contribution is -0.120. The molecule has 29 heavy (non-hydrogen) atoms. The fourth-order valence-corrected chi connectivity index (χ4v) is 3.27. The van der Waals surface area contributed by atoms with E-state index in [1.807, 2.05) is 26.0 Å². The molecule has 4 N–H and O–H groups in total. The average Bonchev–Trinajstić information content (AvgIpc) is 3.18. The first-order valence-electron chi connectivity index (χ1n) is 9.40. The number of amides is 1. The third-order valence-corrected chi connectivity index (χ3v) is 4.72. The maximum absolute atomic E-state index is 13.8. The smallest absolute Gasteiger partial charge is 0.234 e. The first-order chi connectivity index (χ1) is 13.9. The molecule has 0 aliphatic heterocycles. The van der Waals surface area contributed by atoms with Crippen molar-refractivity contribution >= 4 is 5.91 Å². The Kier molecular flexibility index (Phi) is 6.61. The highest BCUT2D eigenvalue weighted by Crippen LogP contribution is 2.26. The summed E-state index contributed by atoms with van der Waals surface area (Å²) in [5, 5.41) is 3.20. The first kappa shape index (κ1) is 20.5. The van der Waals surface area contributed by atoms with Crippen molar-refractivity contribution < 1.29 is 13.9 Å². The zero-order valence-electron chi connectivity index (χ0n) is 16.5. The van der Waals surface area contributed by atoms with Crippen molar-refractivity contribution in [2.24, 2.45) is 5.73 Å². The van der Waals surface area contributed by atoms with Gasteiger partial charge in [-0.1, -0.05) is 30.3 Å². The summed E-state index contributed by atoms with van der Waals surface area (Å²) in [7, 11) is 0. The Morgan fingerprint density at radius 1 is 1.28 bits per heavy atom. The van der Waals surface area contributed by atoms with Gasteiger partial charge in [-0.3, -0.25) is 4.79 Å². The number of ether oxygens (including phenoxy) is 1. The lowest BCUT2D eigenvalue weighted by Crippen LogP contribution is -2.42. The largest absolute Gasteiger partial charge is 0.488 e. The van der Waals surface area contributed by atoms with Crippen LogP contribution in [-0.4, -0.2) is 21.9 Å². The molecule has 0 fully saturated rings. The minimum Gasteiger partial charge on any atom is -0.488 e. The predicted molar refractivity (Wildman–Crippen MR) is 109 cm³/mol. The number of nitrogens with two attached hydrogens (primary N) is 1. The molecule has 0 saturated carbocycles. The van der Waals surface area contributed by atoms with Crippen LogP contribution < -0.4 is 15.8 Å². The van der Waals surface area contributed by atoms with E-state index < -0.39 is 11.9 Å². The van der Waals surface area contributed by atoms with Crippen molar-refractivity contribution in [2.45, 2.75) is 39.5 Å². The third kappa shape index (κ3) is 5.42. The zero-order chi connectivity index (χ0) is 20.8. The molecule has 0 aliphatic rings. The minimum absolute atomic E-state index is 0.167. The van der Waals surface area contributed by atoms with Crippen LogP contribution in [0.25, 0.3) is 0 Å². The first-order valence-corrected chi connectivity index (χ1v) is 9.40. The van der Waals surface area contributed by atoms with Crippen LogP contribution in [0.15, 0.2) is 48.9 Å². The molecule has 3 rings (SSSR count). The van der Waals surface area contributed by atoms with Crippen LogP contribution in [0, 0.1) is 19.7 Å². The number of nitrogens with zero attached hydrogens (tertiary/aromatic N) is 1. The Morgan fingerprint density at radius 2 is 2.00 bits per heavy atom. The van der Waals surface area contributed by atoms with Crippen molar-refractivity contribution in [3.8, 4) is 5.75 Å². The highest BCUT2D eigenvalue weighted by molar-refractivity contribution is 5.80. The maximum atomic E-state index is 13.8. The minimum atomic E-state index is -0.506. The number of carbonyl (C=O) groups excluding carboxylic acids is 1. The molecule has 1 atom stereocenters. The molecule has 0 saturated heterocycles. The molecular weight excluding hydrogens is 371 g/mol. The number of imidazole rings is 1. The second-order valence-corrected chi connectivity index (χ2v) is 7.06. The second kappa shape index (κ2) is 9.34. The molecule has 2 aromatic carbocycles. The van der Waals surface area contributed by atoms with Gasteiger partial charge in [-0.25, -0.2) is 9.37 Å². The molecular formula is C22H25FN4O2. The summed E-state index contributed by atoms with van der Waals surface area (Å²) in [6.07, 6.45) is 3.69. The second-order valence-electron chi connectivity index (χ2n) is 7.06. The van der Waals surface area contributed by atoms with Gasteiger partial charge in [0, 0.05) is 30.4 Å². The maximum Gasteiger partial charge on any atom is 0.234 e. The summed E-state index contributed by atoms with van der Waals surface area (Å²) in [6.45, 7) is 4.55. The number of carbonyl (C=O) groups is 1. The predicted octanol–water partition coefficient (Wildman–Crippen LogP) is 2.93. The molecule has 0 aliphatic carbocycles. The highest BCUT2D eigenvalue weighted by Gasteiger charge is 2.17. The third-order valence-electron chi connectivity index (χ3n) is 4.72. The topological polar surface area (TPSA) is 93.0 Å². The number of halogens is 1. The van der Waals surface area contributed by atoms with Gasteiger partial charge in [0.2, 0.25) is 5.91 Å². The van der Waals surface area contributed by atoms with Crippen LogP contribution in [-0.2, 0) is 24.4 Å². The Hall–Kier alpha value is -3.19. The lowest BCUT2D eigenvalue weighted by atomic mass is 10.0. The summed E-state index contributed by atoms with van der Waals surface area (Å²) >= 11 is 0. The van der Waals surface area contributed by atoms with Crippen LogP contribution in [0.3, 0.4) is 0 Å². The van der Waals surface area contributed by atoms with E-state index >= 15 is 0 Å². The summed E-state index contributed by atoms with van der Waals surface area (Å²) < 4.78 is 19.7. The standard InChI is InChI=1S/C22H25FN4O2/c1-14-7-16(10-26-20(22(24)28)9-18-11-25-13-27-18)8-15(2)21(14)29-12-17-5-3-4-6-19(17)23/h3-8,11,13,20,26H,9-10,12H2,1-2H3,(H2,24,28)(H,25,27)/t20-/m0/s1. The van der Waals surface area contributed by atoms with Gasteiger partial charge in [0.25, 0.3) is 0 Å². The SMILES string of the molecule is Cc1cc(CN[C@@H](Cc2cnc[nH]2)C(N)=O)cc(C)c1OCc1ccccc1F. The lowest BCUT2D eigenvalue weighted by Gasteiger charge is -2.17. The van der Waals surface area contributed by atoms with Gasteiger partial charge in [-0.2, -0.15) is 0 Å². The van der Waals surface area contributed by atoms with Crippen molar-refractivity contribution in [1.29, 1.82) is 0 Å². The van der Waals surface area contributed by atoms with Crippen molar-refractivity contribution in [2.75, 3.05) is 0 Å². The van der Waals surface area contributed by atoms with Gasteiger partial charge in [0.15, 0.2) is 0 Å². The average molecular weight is 396 g/mol. The Balaban J connectivity index is 1.65. The monoisotopic (exact) mass is 396 g/mol. The number of hydrogen-bond acceptors (Lipinski definition) is 4. The van der Waals surface area contributed by atoms with E-state index in [-0.39, 0.29) is 12.4 Å². The molecule has 0 unspecified atom stereocenters. The van der Waals surface area contributed by atoms with Crippen LogP contribution >= 0.6 is 0 Å². The van der Waals surface area contributed by atoms with Gasteiger partial charge in [0.1, 0.15) is 18.2 Å². The van der Waals surface area contributed by atoms with Gasteiger partial charge < -0.3 is 20.8 Å². The number of nitrogens with one attached hydrogen (secondary N) is 2. The quantitative estimate of drug-likeness (QED) is 0.518. The van der Waals surface area contributed by atoms with Crippen molar-refractivity contribution in [3.05, 3.63) is 82.7 Å². The molecule has 0 spiro atoms. The van der Waals surface area contributed by atoms with E-state index in [4.69, 9.17) is 10.5 Å². The summed E-state index contributed by atoms with van der Waals surface area (Å²) in [5.41, 5.74) is 9.78. The van der Waals surface area contributed by atoms with Gasteiger partial charge in [-0.05, 0) is 36.6 Å². The fourth-order valence-electron chi connectivity index (χ4n) is 3.27. The molecule has 3 aromatic rings. The van der Waals surface area contributed by atoms with Crippen LogP contribution in [0.1, 0.15) is 27.9 Å².